The van der Waals surface area contributed by atoms with Crippen molar-refractivity contribution < 1.29 is 147 Å². The summed E-state index contributed by atoms with van der Waals surface area (Å²) in [5, 5.41) is 44.3. The SMILES string of the molecule is CCOC1CC(n2cc(NC(=O)c3ccc(-c4cnn(COP(=O)(O)O)c4)o3)c(-c3ccccn3)n2)C1.CCOC1CC(n2cc(NC(=O)c3ccc(-c4cnn(COP(=O)([O-])[O-])c4)o3)c(-c3ccccn3)n2)C1.CN(C)C1CC(n2cc(NC(=O)c3ccc(-c4cn[nH]c4)o3)c(-c3ccccn3)n2)C1.O=CO.[H-].[H-].[Na+].[Na+]. The maximum absolute atomic E-state index is 13.1. The quantitative estimate of drug-likeness (QED) is 0.0233. The topological polar surface area (TPSA) is 481 Å². The summed E-state index contributed by atoms with van der Waals surface area (Å²) in [5.41, 5.74) is 7.03. The van der Waals surface area contributed by atoms with E-state index < -0.39 is 40.9 Å². The minimum absolute atomic E-state index is 0. The second kappa shape index (κ2) is 38.0. The van der Waals surface area contributed by atoms with Gasteiger partial charge in [0.05, 0.1) is 108 Å². The molecule has 0 spiro atoms. The Morgan fingerprint density at radius 1 is 0.573 bits per heavy atom. The number of pyridine rings is 3. The molecule has 15 rings (SSSR count). The zero-order chi connectivity index (χ0) is 76.1. The second-order valence-electron chi connectivity index (χ2n) is 24.8. The first-order valence-corrected chi connectivity index (χ1v) is 36.7. The van der Waals surface area contributed by atoms with Gasteiger partial charge in [0.2, 0.25) is 0 Å². The molecule has 3 amide bonds. The third-order valence-corrected chi connectivity index (χ3v) is 18.2. The molecule has 7 N–H and O–H groups in total. The maximum atomic E-state index is 13.1. The van der Waals surface area contributed by atoms with Crippen LogP contribution < -0.4 is 84.9 Å². The number of anilines is 3. The number of phosphoric ester groups is 2. The van der Waals surface area contributed by atoms with Crippen LogP contribution in [0.25, 0.3) is 68.1 Å². The van der Waals surface area contributed by atoms with E-state index >= 15 is 0 Å². The number of hydrogen-bond acceptors (Lipinski definition) is 25. The number of furan rings is 3. The number of H-pyrrole nitrogens is 1. The smallest absolute Gasteiger partial charge is 1.00 e. The van der Waals surface area contributed by atoms with Gasteiger partial charge in [0.15, 0.2) is 24.0 Å². The zero-order valence-corrected chi connectivity index (χ0v) is 66.1. The fourth-order valence-electron chi connectivity index (χ4n) is 11.7. The van der Waals surface area contributed by atoms with Gasteiger partial charge in [-0.25, -0.2) is 13.9 Å². The third-order valence-electron chi connectivity index (χ3n) is 17.4. The first kappa shape index (κ1) is 83.0. The number of aromatic nitrogens is 15. The first-order chi connectivity index (χ1) is 52.1. The Kier molecular flexibility index (Phi) is 28.7. The molecular formula is C69H75N19Na2O18P2-2. The number of carbonyl (C=O) groups excluding carboxylic acids is 3. The molecule has 0 saturated heterocycles. The summed E-state index contributed by atoms with van der Waals surface area (Å²) in [6.45, 7) is 4.02. The van der Waals surface area contributed by atoms with Gasteiger partial charge >= 0.3 is 66.9 Å². The van der Waals surface area contributed by atoms with Crippen LogP contribution in [-0.4, -0.2) is 164 Å². The van der Waals surface area contributed by atoms with Crippen LogP contribution in [0.1, 0.15) is 105 Å². The van der Waals surface area contributed by atoms with Crippen LogP contribution in [-0.2, 0) is 45.9 Å². The van der Waals surface area contributed by atoms with Crippen LogP contribution >= 0.6 is 15.6 Å². The van der Waals surface area contributed by atoms with Crippen LogP contribution in [0.15, 0.2) is 179 Å². The summed E-state index contributed by atoms with van der Waals surface area (Å²) >= 11 is 0. The largest absolute Gasteiger partial charge is 1.00 e. The molecular weight excluding hydrogens is 1490 g/mol. The van der Waals surface area contributed by atoms with Gasteiger partial charge in [-0.1, -0.05) is 18.2 Å². The Labute approximate surface area is 674 Å². The molecule has 0 atom stereocenters. The van der Waals surface area contributed by atoms with Crippen molar-refractivity contribution in [3.63, 3.8) is 0 Å². The molecule has 0 radical (unpaired) electrons. The normalized spacial score (nSPS) is 17.0. The minimum atomic E-state index is -5.13. The van der Waals surface area contributed by atoms with Crippen molar-refractivity contribution in [2.24, 2.45) is 0 Å². The van der Waals surface area contributed by atoms with Gasteiger partial charge < -0.3 is 80.2 Å². The Morgan fingerprint density at radius 3 is 1.27 bits per heavy atom. The van der Waals surface area contributed by atoms with Gasteiger partial charge in [0, 0.05) is 75.0 Å². The molecule has 12 heterocycles. The van der Waals surface area contributed by atoms with E-state index in [1.54, 1.807) is 73.7 Å². The molecule has 568 valence electrons. The molecule has 41 heteroatoms. The minimum Gasteiger partial charge on any atom is -1.00 e. The van der Waals surface area contributed by atoms with Crippen molar-refractivity contribution in [2.75, 3.05) is 43.3 Å². The van der Waals surface area contributed by atoms with Crippen LogP contribution in [0.2, 0.25) is 0 Å². The standard InChI is InChI=1S/2C23H25N6O7P.C22H23N7O2.CH2O2.2Na.2H/c2*1-2-34-17-9-16(10-17)29-13-19(22(27-29)18-5-3-4-8-24-18)26-23(30)21-7-6-20(36-21)15-11-25-28(12-15)14-35-37(31,32)33;1-28(2)15-9-16(10-15)29-13-18(21(27-29)17-5-3-4-8-23-17)26-22(30)20-7-6-19(31-20)14-11-24-25-12-14;2-1-3;;;;/h2*3-8,11-13,16-17H,2,9-10,14H2,1H3,(H,26,30)(H2,31,32,33);3-8,11-13,15-16H,9-10H2,1-2H3,(H,24,25)(H,26,30);1H,(H,2,3);;;;/q;;;;2*+1;2*-1/p-2. The van der Waals surface area contributed by atoms with Gasteiger partial charge in [-0.2, -0.15) is 30.6 Å². The number of phosphoric acid groups is 2. The molecule has 0 unspecified atom stereocenters. The Bertz CT molecular complexity index is 4870. The Hall–Kier alpha value is -9.47. The number of carbonyl (C=O) groups is 4. The van der Waals surface area contributed by atoms with Gasteiger partial charge in [0.1, 0.15) is 41.1 Å². The number of ether oxygens (including phenoxy) is 2. The molecule has 3 fully saturated rings. The Morgan fingerprint density at radius 2 is 0.945 bits per heavy atom. The van der Waals surface area contributed by atoms with Gasteiger partial charge in [-0.15, -0.1) is 0 Å². The van der Waals surface area contributed by atoms with Gasteiger partial charge in [-0.3, -0.25) is 57.8 Å². The molecule has 3 aliphatic rings. The number of nitrogens with zero attached hydrogens (tertiary/aromatic N) is 15. The van der Waals surface area contributed by atoms with Crippen molar-refractivity contribution in [1.29, 1.82) is 0 Å². The van der Waals surface area contributed by atoms with Crippen molar-refractivity contribution in [1.82, 2.24) is 79.0 Å². The van der Waals surface area contributed by atoms with Crippen LogP contribution in [0.5, 0.6) is 0 Å². The molecule has 3 aliphatic carbocycles. The summed E-state index contributed by atoms with van der Waals surface area (Å²) in [5.74, 6) is 0.267. The van der Waals surface area contributed by atoms with E-state index in [0.29, 0.717) is 105 Å². The predicted octanol–water partition coefficient (Wildman–Crippen LogP) is 3.04. The van der Waals surface area contributed by atoms with Crippen LogP contribution in [0.3, 0.4) is 0 Å². The molecule has 12 aromatic rings. The van der Waals surface area contributed by atoms with Crippen LogP contribution in [0, 0.1) is 0 Å². The number of hydrogen-bond donors (Lipinski definition) is 7. The molecule has 110 heavy (non-hydrogen) atoms. The van der Waals surface area contributed by atoms with E-state index in [1.807, 2.05) is 82.6 Å². The first-order valence-electron chi connectivity index (χ1n) is 33.7. The van der Waals surface area contributed by atoms with Gasteiger partial charge in [-0.05, 0) is 139 Å². The van der Waals surface area contributed by atoms with Crippen molar-refractivity contribution in [2.45, 2.75) is 102 Å². The summed E-state index contributed by atoms with van der Waals surface area (Å²) in [4.78, 5) is 102. The molecule has 37 nitrogen and oxygen atoms in total. The molecule has 0 aromatic carbocycles. The van der Waals surface area contributed by atoms with E-state index in [1.165, 1.54) is 41.6 Å². The van der Waals surface area contributed by atoms with E-state index in [0.717, 1.165) is 48.8 Å². The summed E-state index contributed by atoms with van der Waals surface area (Å²) in [6, 6.07) is 27.4. The number of amides is 3. The summed E-state index contributed by atoms with van der Waals surface area (Å²) in [7, 11) is -5.57. The van der Waals surface area contributed by atoms with Crippen molar-refractivity contribution >= 4 is 56.9 Å². The second-order valence-corrected chi connectivity index (χ2v) is 27.2. The van der Waals surface area contributed by atoms with Crippen molar-refractivity contribution in [3.05, 3.63) is 183 Å². The average Bonchev–Trinajstić information content (AvgIpc) is 1.62. The van der Waals surface area contributed by atoms with Crippen molar-refractivity contribution in [3.8, 4) is 68.1 Å². The molecule has 3 saturated carbocycles. The van der Waals surface area contributed by atoms with Gasteiger partial charge in [0.25, 0.3) is 24.2 Å². The average molecular weight is 1570 g/mol. The monoisotopic (exact) mass is 1570 g/mol. The maximum Gasteiger partial charge on any atom is 1.00 e. The predicted molar refractivity (Wildman–Crippen MR) is 382 cm³/mol. The number of nitrogens with one attached hydrogen (secondary N) is 4. The van der Waals surface area contributed by atoms with E-state index in [-0.39, 0.29) is 116 Å². The number of aromatic amines is 1. The molecule has 0 aliphatic heterocycles. The van der Waals surface area contributed by atoms with Crippen LogP contribution in [0.4, 0.5) is 17.1 Å². The Balaban J connectivity index is 0.000000204. The molecule has 12 aromatic heterocycles. The molecule has 0 bridgehead atoms. The van der Waals surface area contributed by atoms with E-state index in [9.17, 15) is 33.3 Å². The zero-order valence-electron chi connectivity index (χ0n) is 62.3. The fourth-order valence-corrected chi connectivity index (χ4v) is 12.2. The summed E-state index contributed by atoms with van der Waals surface area (Å²) in [6.07, 6.45) is 25.4. The third kappa shape index (κ3) is 21.6. The summed E-state index contributed by atoms with van der Waals surface area (Å²) < 4.78 is 66.5. The fraction of sp³-hybridized carbons (Fsp3) is 0.290. The number of rotatable bonds is 26. The number of carboxylic acid groups (broad SMARTS) is 1. The van der Waals surface area contributed by atoms with E-state index in [4.69, 9.17) is 57.7 Å². The van der Waals surface area contributed by atoms with E-state index in [2.05, 4.69) is 79.3 Å².